The molecule has 2 aromatic carbocycles. The van der Waals surface area contributed by atoms with Crippen molar-refractivity contribution in [1.82, 2.24) is 15.0 Å². The van der Waals surface area contributed by atoms with Crippen LogP contribution in [0.4, 0.5) is 0 Å². The summed E-state index contributed by atoms with van der Waals surface area (Å²) in [6, 6.07) is 21.5. The molecule has 0 amide bonds. The fourth-order valence-electron chi connectivity index (χ4n) is 3.74. The summed E-state index contributed by atoms with van der Waals surface area (Å²) >= 11 is 0. The smallest absolute Gasteiger partial charge is 0.258 e. The van der Waals surface area contributed by atoms with E-state index in [1.165, 1.54) is 11.9 Å². The molecule has 1 aliphatic rings. The molecule has 0 radical (unpaired) electrons. The number of hydrogen-bond acceptors (Lipinski definition) is 3. The summed E-state index contributed by atoms with van der Waals surface area (Å²) in [7, 11) is 0. The van der Waals surface area contributed by atoms with E-state index in [0.29, 0.717) is 5.39 Å². The molecule has 0 aliphatic heterocycles. The minimum atomic E-state index is -0.517. The lowest BCUT2D eigenvalue weighted by molar-refractivity contribution is 0.146. The average Bonchev–Trinajstić information content (AvgIpc) is 3.33. The fraction of sp³-hybridized carbons (Fsp3) is 0.120. The first kappa shape index (κ1) is 19.6. The summed E-state index contributed by atoms with van der Waals surface area (Å²) in [6.07, 6.45) is 11.4. The standard InChI is InChI=1S/C17H17NO.C8H6N2O/c19-16-10-4-5-11-17(16,15-9-6-12-18-15)13-14-7-2-1-3-8-14;11-8-6-3-1-2-4-7(6)9-5-10-8/h1-12,16,18-19H,13H2;1-5H,(H,9,10,11). The van der Waals surface area contributed by atoms with Crippen LogP contribution in [0.15, 0.2) is 108 Å². The van der Waals surface area contributed by atoms with Gasteiger partial charge in [-0.25, -0.2) is 4.98 Å². The van der Waals surface area contributed by atoms with Crippen molar-refractivity contribution in [3.63, 3.8) is 0 Å². The Labute approximate surface area is 174 Å². The molecule has 30 heavy (non-hydrogen) atoms. The Morgan fingerprint density at radius 3 is 2.47 bits per heavy atom. The maximum absolute atomic E-state index is 11.1. The van der Waals surface area contributed by atoms with Gasteiger partial charge in [0, 0.05) is 11.9 Å². The summed E-state index contributed by atoms with van der Waals surface area (Å²) in [5.74, 6) is 0. The van der Waals surface area contributed by atoms with E-state index >= 15 is 0 Å². The third-order valence-electron chi connectivity index (χ3n) is 5.31. The minimum Gasteiger partial charge on any atom is -0.388 e. The highest BCUT2D eigenvalue weighted by Crippen LogP contribution is 2.35. The van der Waals surface area contributed by atoms with Crippen LogP contribution in [0, 0.1) is 0 Å². The number of benzene rings is 2. The normalized spacial score (nSPS) is 20.0. The van der Waals surface area contributed by atoms with E-state index in [4.69, 9.17) is 0 Å². The molecular formula is C25H23N3O2. The van der Waals surface area contributed by atoms with Gasteiger partial charge in [-0.1, -0.05) is 66.8 Å². The SMILES string of the molecule is O=c1[nH]cnc2ccccc12.OC1C=CC=CC1(Cc1ccccc1)c1ccc[nH]1. The zero-order valence-corrected chi connectivity index (χ0v) is 16.4. The molecule has 2 heterocycles. The van der Waals surface area contributed by atoms with Crippen LogP contribution in [-0.4, -0.2) is 26.2 Å². The Balaban J connectivity index is 0.000000168. The largest absolute Gasteiger partial charge is 0.388 e. The molecule has 0 bridgehead atoms. The number of nitrogens with zero attached hydrogens (tertiary/aromatic N) is 1. The van der Waals surface area contributed by atoms with Crippen molar-refractivity contribution in [2.75, 3.05) is 0 Å². The minimum absolute atomic E-state index is 0.0874. The molecule has 3 N–H and O–H groups in total. The van der Waals surface area contributed by atoms with Crippen LogP contribution in [0.2, 0.25) is 0 Å². The van der Waals surface area contributed by atoms with Gasteiger partial charge < -0.3 is 15.1 Å². The van der Waals surface area contributed by atoms with Crippen LogP contribution in [0.25, 0.3) is 10.9 Å². The first-order valence-electron chi connectivity index (χ1n) is 9.83. The molecule has 5 heteroatoms. The molecule has 5 nitrogen and oxygen atoms in total. The number of fused-ring (bicyclic) bond motifs is 1. The number of allylic oxidation sites excluding steroid dienone is 2. The number of hydrogen-bond donors (Lipinski definition) is 3. The first-order valence-corrected chi connectivity index (χ1v) is 9.83. The van der Waals surface area contributed by atoms with E-state index in [2.05, 4.69) is 33.2 Å². The second-order valence-electron chi connectivity index (χ2n) is 7.22. The van der Waals surface area contributed by atoms with Crippen molar-refractivity contribution >= 4 is 10.9 Å². The van der Waals surface area contributed by atoms with Crippen molar-refractivity contribution in [2.24, 2.45) is 0 Å². The Bertz CT molecular complexity index is 1200. The highest BCUT2D eigenvalue weighted by molar-refractivity contribution is 5.76. The van der Waals surface area contributed by atoms with Gasteiger partial charge in [0.15, 0.2) is 0 Å². The van der Waals surface area contributed by atoms with Crippen LogP contribution in [0.1, 0.15) is 11.3 Å². The van der Waals surface area contributed by atoms with E-state index in [0.717, 1.165) is 17.6 Å². The molecule has 0 spiro atoms. The molecule has 2 unspecified atom stereocenters. The maximum atomic E-state index is 11.1. The topological polar surface area (TPSA) is 81.8 Å². The molecule has 0 saturated carbocycles. The summed E-state index contributed by atoms with van der Waals surface area (Å²) in [5.41, 5.74) is 2.51. The van der Waals surface area contributed by atoms with Gasteiger partial charge in [-0.15, -0.1) is 0 Å². The van der Waals surface area contributed by atoms with Crippen molar-refractivity contribution < 1.29 is 5.11 Å². The number of aliphatic hydroxyl groups is 1. The van der Waals surface area contributed by atoms with E-state index < -0.39 is 11.5 Å². The molecular weight excluding hydrogens is 374 g/mol. The number of rotatable bonds is 3. The monoisotopic (exact) mass is 397 g/mol. The number of aliphatic hydroxyl groups excluding tert-OH is 1. The van der Waals surface area contributed by atoms with Gasteiger partial charge in [0.25, 0.3) is 5.56 Å². The Morgan fingerprint density at radius 1 is 0.933 bits per heavy atom. The van der Waals surface area contributed by atoms with Gasteiger partial charge in [0.2, 0.25) is 0 Å². The van der Waals surface area contributed by atoms with Crippen molar-refractivity contribution in [3.05, 3.63) is 125 Å². The van der Waals surface area contributed by atoms with Crippen LogP contribution < -0.4 is 5.56 Å². The number of aromatic nitrogens is 3. The van der Waals surface area contributed by atoms with Gasteiger partial charge in [-0.3, -0.25) is 4.79 Å². The van der Waals surface area contributed by atoms with Crippen LogP contribution in [-0.2, 0) is 11.8 Å². The van der Waals surface area contributed by atoms with E-state index in [-0.39, 0.29) is 5.56 Å². The number of nitrogens with one attached hydrogen (secondary N) is 2. The second-order valence-corrected chi connectivity index (χ2v) is 7.22. The summed E-state index contributed by atoms with van der Waals surface area (Å²) in [6.45, 7) is 0. The van der Waals surface area contributed by atoms with Gasteiger partial charge in [-0.05, 0) is 36.2 Å². The van der Waals surface area contributed by atoms with Crippen LogP contribution in [0.3, 0.4) is 0 Å². The molecule has 5 rings (SSSR count). The predicted molar refractivity (Wildman–Crippen MR) is 119 cm³/mol. The highest BCUT2D eigenvalue weighted by atomic mass is 16.3. The summed E-state index contributed by atoms with van der Waals surface area (Å²) < 4.78 is 0. The second kappa shape index (κ2) is 8.76. The van der Waals surface area contributed by atoms with E-state index in [9.17, 15) is 9.90 Å². The summed E-state index contributed by atoms with van der Waals surface area (Å²) in [5, 5.41) is 11.1. The third kappa shape index (κ3) is 4.02. The van der Waals surface area contributed by atoms with Gasteiger partial charge in [0.05, 0.1) is 28.7 Å². The fourth-order valence-corrected chi connectivity index (χ4v) is 3.74. The number of para-hydroxylation sites is 1. The van der Waals surface area contributed by atoms with E-state index in [1.807, 2.05) is 73.0 Å². The molecule has 1 aliphatic carbocycles. The van der Waals surface area contributed by atoms with Crippen molar-refractivity contribution in [2.45, 2.75) is 17.9 Å². The van der Waals surface area contributed by atoms with E-state index in [1.54, 1.807) is 6.07 Å². The van der Waals surface area contributed by atoms with Crippen LogP contribution in [0.5, 0.6) is 0 Å². The Hall–Kier alpha value is -3.70. The maximum Gasteiger partial charge on any atom is 0.258 e. The zero-order valence-electron chi connectivity index (χ0n) is 16.4. The first-order chi connectivity index (χ1) is 14.7. The molecule has 150 valence electrons. The summed E-state index contributed by atoms with van der Waals surface area (Å²) in [4.78, 5) is 20.8. The number of aromatic amines is 2. The zero-order chi connectivity index (χ0) is 20.8. The molecule has 4 aromatic rings. The Morgan fingerprint density at radius 2 is 1.73 bits per heavy atom. The lowest BCUT2D eigenvalue weighted by Gasteiger charge is -2.35. The quantitative estimate of drug-likeness (QED) is 0.490. The lowest BCUT2D eigenvalue weighted by Crippen LogP contribution is -2.40. The van der Waals surface area contributed by atoms with Crippen molar-refractivity contribution in [1.29, 1.82) is 0 Å². The molecule has 0 saturated heterocycles. The number of H-pyrrole nitrogens is 2. The molecule has 0 fully saturated rings. The third-order valence-corrected chi connectivity index (χ3v) is 5.31. The highest BCUT2D eigenvalue weighted by Gasteiger charge is 2.38. The lowest BCUT2D eigenvalue weighted by atomic mass is 9.72. The predicted octanol–water partition coefficient (Wildman–Crippen LogP) is 3.91. The Kier molecular flexibility index (Phi) is 5.72. The van der Waals surface area contributed by atoms with Crippen LogP contribution >= 0.6 is 0 Å². The molecule has 2 atom stereocenters. The van der Waals surface area contributed by atoms with Gasteiger partial charge >= 0.3 is 0 Å². The van der Waals surface area contributed by atoms with Gasteiger partial charge in [-0.2, -0.15) is 0 Å². The van der Waals surface area contributed by atoms with Gasteiger partial charge in [0.1, 0.15) is 0 Å². The molecule has 2 aromatic heterocycles. The van der Waals surface area contributed by atoms with Crippen molar-refractivity contribution in [3.8, 4) is 0 Å². The average molecular weight is 397 g/mol.